The molecule has 0 fully saturated rings. The van der Waals surface area contributed by atoms with Gasteiger partial charge in [-0.2, -0.15) is 5.10 Å². The molecule has 0 unspecified atom stereocenters. The minimum atomic E-state index is -0.919. The molecule has 1 N–H and O–H groups in total. The summed E-state index contributed by atoms with van der Waals surface area (Å²) in [5.74, 6) is -0.919. The highest BCUT2D eigenvalue weighted by atomic mass is 16.6. The maximum atomic E-state index is 11.9. The van der Waals surface area contributed by atoms with Crippen molar-refractivity contribution in [2.75, 3.05) is 12.4 Å². The van der Waals surface area contributed by atoms with Crippen LogP contribution in [0, 0.1) is 27.2 Å². The van der Waals surface area contributed by atoms with Gasteiger partial charge in [-0.15, -0.1) is 0 Å². The summed E-state index contributed by atoms with van der Waals surface area (Å²) in [7, 11) is 2.83. The van der Waals surface area contributed by atoms with Crippen molar-refractivity contribution in [2.24, 2.45) is 7.05 Å². The van der Waals surface area contributed by atoms with Gasteiger partial charge < -0.3 is 10.1 Å². The third-order valence-corrected chi connectivity index (χ3v) is 3.71. The molecule has 0 saturated heterocycles. The number of hydrogen-bond acceptors (Lipinski definition) is 8. The summed E-state index contributed by atoms with van der Waals surface area (Å²) in [5, 5.41) is 29.1. The Bertz CT molecular complexity index is 860. The minimum absolute atomic E-state index is 0.141. The van der Waals surface area contributed by atoms with Crippen LogP contribution in [0.15, 0.2) is 18.3 Å². The number of benzene rings is 1. The smallest absolute Gasteiger partial charge is 0.340 e. The van der Waals surface area contributed by atoms with Crippen LogP contribution in [-0.2, 0) is 18.3 Å². The number of methoxy groups -OCH3 is 1. The molecule has 1 aromatic heterocycles. The number of nitro benzene ring substituents is 2. The average molecular weight is 349 g/mol. The van der Waals surface area contributed by atoms with E-state index >= 15 is 0 Å². The van der Waals surface area contributed by atoms with Crippen molar-refractivity contribution >= 4 is 23.0 Å². The first-order chi connectivity index (χ1) is 11.8. The molecule has 2 aromatic rings. The van der Waals surface area contributed by atoms with Crippen molar-refractivity contribution in [1.29, 1.82) is 0 Å². The first kappa shape index (κ1) is 17.8. The average Bonchev–Trinajstić information content (AvgIpc) is 2.90. The Labute approximate surface area is 141 Å². The van der Waals surface area contributed by atoms with Gasteiger partial charge in [0.1, 0.15) is 5.69 Å². The number of rotatable bonds is 6. The Kier molecular flexibility index (Phi) is 4.96. The largest absolute Gasteiger partial charge is 0.465 e. The number of anilines is 1. The summed E-state index contributed by atoms with van der Waals surface area (Å²) in [6, 6.07) is 1.74. The molecule has 11 nitrogen and oxygen atoms in total. The molecular formula is C14H15N5O6. The topological polar surface area (TPSA) is 142 Å². The van der Waals surface area contributed by atoms with Gasteiger partial charge in [0.15, 0.2) is 0 Å². The maximum absolute atomic E-state index is 11.9. The van der Waals surface area contributed by atoms with Crippen LogP contribution in [0.3, 0.4) is 0 Å². The van der Waals surface area contributed by atoms with Crippen LogP contribution in [0.2, 0.25) is 0 Å². The Morgan fingerprint density at radius 2 is 2.00 bits per heavy atom. The highest BCUT2D eigenvalue weighted by molar-refractivity contribution is 5.99. The molecule has 0 saturated carbocycles. The Hall–Kier alpha value is -3.50. The number of nitrogens with zero attached hydrogens (tertiary/aromatic N) is 4. The van der Waals surface area contributed by atoms with Gasteiger partial charge >= 0.3 is 5.97 Å². The molecule has 0 bridgehead atoms. The fraction of sp³-hybridized carbons (Fsp3) is 0.286. The van der Waals surface area contributed by atoms with Gasteiger partial charge in [-0.25, -0.2) is 4.79 Å². The van der Waals surface area contributed by atoms with Crippen LogP contribution in [-0.4, -0.2) is 32.7 Å². The van der Waals surface area contributed by atoms with Crippen molar-refractivity contribution in [1.82, 2.24) is 9.78 Å². The highest BCUT2D eigenvalue weighted by Gasteiger charge is 2.28. The number of nitrogens with one attached hydrogen (secondary N) is 1. The lowest BCUT2D eigenvalue weighted by Crippen LogP contribution is -2.12. The van der Waals surface area contributed by atoms with E-state index in [-0.39, 0.29) is 17.8 Å². The van der Waals surface area contributed by atoms with E-state index in [4.69, 9.17) is 0 Å². The second-order valence-corrected chi connectivity index (χ2v) is 5.13. The lowest BCUT2D eigenvalue weighted by molar-refractivity contribution is -0.393. The van der Waals surface area contributed by atoms with Gasteiger partial charge in [-0.05, 0) is 6.92 Å². The summed E-state index contributed by atoms with van der Waals surface area (Å²) in [4.78, 5) is 32.6. The van der Waals surface area contributed by atoms with E-state index in [1.807, 2.05) is 6.92 Å². The lowest BCUT2D eigenvalue weighted by atomic mass is 10.1. The Balaban J connectivity index is 2.52. The lowest BCUT2D eigenvalue weighted by Gasteiger charge is -2.11. The number of carbonyl (C=O) groups excluding carboxylic acids is 1. The molecule has 0 aliphatic carbocycles. The monoisotopic (exact) mass is 349 g/mol. The number of hydrogen-bond donors (Lipinski definition) is 1. The maximum Gasteiger partial charge on any atom is 0.340 e. The normalized spacial score (nSPS) is 10.4. The predicted octanol–water partition coefficient (Wildman–Crippen LogP) is 1.94. The van der Waals surface area contributed by atoms with Crippen LogP contribution < -0.4 is 5.32 Å². The van der Waals surface area contributed by atoms with Crippen molar-refractivity contribution in [3.63, 3.8) is 0 Å². The van der Waals surface area contributed by atoms with Crippen LogP contribution >= 0.6 is 0 Å². The van der Waals surface area contributed by atoms with E-state index in [0.717, 1.165) is 30.5 Å². The summed E-state index contributed by atoms with van der Waals surface area (Å²) in [6.45, 7) is 1.96. The molecular weight excluding hydrogens is 334 g/mol. The molecule has 0 amide bonds. The molecule has 0 spiro atoms. The zero-order chi connectivity index (χ0) is 18.7. The number of carbonyl (C=O) groups is 1. The van der Waals surface area contributed by atoms with Crippen LogP contribution in [0.1, 0.15) is 21.6 Å². The molecule has 1 aromatic carbocycles. The molecule has 0 radical (unpaired) electrons. The van der Waals surface area contributed by atoms with Crippen molar-refractivity contribution in [3.8, 4) is 0 Å². The van der Waals surface area contributed by atoms with Crippen LogP contribution in [0.25, 0.3) is 0 Å². The predicted molar refractivity (Wildman–Crippen MR) is 86.4 cm³/mol. The molecule has 0 aliphatic rings. The van der Waals surface area contributed by atoms with Crippen molar-refractivity contribution in [3.05, 3.63) is 55.4 Å². The number of nitro groups is 2. The Morgan fingerprint density at radius 1 is 1.32 bits per heavy atom. The fourth-order valence-corrected chi connectivity index (χ4v) is 2.22. The second-order valence-electron chi connectivity index (χ2n) is 5.13. The van der Waals surface area contributed by atoms with Gasteiger partial charge in [0.05, 0.1) is 34.8 Å². The van der Waals surface area contributed by atoms with E-state index in [2.05, 4.69) is 15.2 Å². The number of non-ortho nitro benzene ring substituents is 1. The van der Waals surface area contributed by atoms with Crippen molar-refractivity contribution < 1.29 is 19.4 Å². The number of ether oxygens (including phenoxy) is 1. The molecule has 2 rings (SSSR count). The summed E-state index contributed by atoms with van der Waals surface area (Å²) in [6.07, 6.45) is 1.58. The number of aryl methyl sites for hydroxylation is 1. The second kappa shape index (κ2) is 6.95. The van der Waals surface area contributed by atoms with E-state index in [1.54, 1.807) is 17.9 Å². The SMILES string of the molecule is COC(=O)c1cc([N+](=O)[O-])cc([N+](=O)[O-])c1NCc1cnn(C)c1C. The molecule has 0 atom stereocenters. The van der Waals surface area contributed by atoms with Crippen molar-refractivity contribution in [2.45, 2.75) is 13.5 Å². The zero-order valence-corrected chi connectivity index (χ0v) is 13.7. The van der Waals surface area contributed by atoms with E-state index in [9.17, 15) is 25.0 Å². The van der Waals surface area contributed by atoms with Gasteiger partial charge in [0.2, 0.25) is 0 Å². The summed E-state index contributed by atoms with van der Waals surface area (Å²) in [5.41, 5.74) is -0.00959. The van der Waals surface area contributed by atoms with Crippen LogP contribution in [0.5, 0.6) is 0 Å². The van der Waals surface area contributed by atoms with Crippen LogP contribution in [0.4, 0.5) is 17.1 Å². The first-order valence-corrected chi connectivity index (χ1v) is 7.02. The van der Waals surface area contributed by atoms with Gasteiger partial charge in [0.25, 0.3) is 11.4 Å². The van der Waals surface area contributed by atoms with Gasteiger partial charge in [-0.3, -0.25) is 24.9 Å². The molecule has 0 aliphatic heterocycles. The minimum Gasteiger partial charge on any atom is -0.465 e. The Morgan fingerprint density at radius 3 is 2.48 bits per heavy atom. The standard InChI is InChI=1S/C14H15N5O6/c1-8-9(7-16-17(8)2)6-15-13-11(14(20)25-3)4-10(18(21)22)5-12(13)19(23)24/h4-5,7,15H,6H2,1-3H3. The van der Waals surface area contributed by atoms with E-state index < -0.39 is 27.2 Å². The van der Waals surface area contributed by atoms with E-state index in [0.29, 0.717) is 0 Å². The highest BCUT2D eigenvalue weighted by Crippen LogP contribution is 2.34. The third kappa shape index (κ3) is 3.54. The van der Waals surface area contributed by atoms with Gasteiger partial charge in [-0.1, -0.05) is 0 Å². The number of esters is 1. The molecule has 132 valence electrons. The zero-order valence-electron chi connectivity index (χ0n) is 13.7. The molecule has 25 heavy (non-hydrogen) atoms. The van der Waals surface area contributed by atoms with Gasteiger partial charge in [0, 0.05) is 30.9 Å². The first-order valence-electron chi connectivity index (χ1n) is 7.02. The fourth-order valence-electron chi connectivity index (χ4n) is 2.22. The molecule has 11 heteroatoms. The summed E-state index contributed by atoms with van der Waals surface area (Å²) >= 11 is 0. The number of aromatic nitrogens is 2. The quantitative estimate of drug-likeness (QED) is 0.473. The van der Waals surface area contributed by atoms with E-state index in [1.165, 1.54) is 0 Å². The summed E-state index contributed by atoms with van der Waals surface area (Å²) < 4.78 is 6.21. The molecule has 1 heterocycles. The third-order valence-electron chi connectivity index (χ3n) is 3.71.